The molecule has 0 aliphatic heterocycles. The van der Waals surface area contributed by atoms with Gasteiger partial charge in [0.05, 0.1) is 17.1 Å². The summed E-state index contributed by atoms with van der Waals surface area (Å²) in [5.41, 5.74) is 2.41. The Balaban J connectivity index is 1.75. The molecule has 0 saturated carbocycles. The number of nitrogens with one attached hydrogen (secondary N) is 1. The van der Waals surface area contributed by atoms with Gasteiger partial charge < -0.3 is 9.47 Å². The van der Waals surface area contributed by atoms with Crippen molar-refractivity contribution in [3.05, 3.63) is 45.1 Å². The molecule has 7 heteroatoms. The monoisotopic (exact) mass is 368 g/mol. The van der Waals surface area contributed by atoms with Crippen molar-refractivity contribution in [2.75, 3.05) is 13.7 Å². The zero-order valence-electron chi connectivity index (χ0n) is 11.2. The summed E-state index contributed by atoms with van der Waals surface area (Å²) in [6.07, 6.45) is 1.58. The Kier molecular flexibility index (Phi) is 5.77. The molecule has 1 heterocycles. The van der Waals surface area contributed by atoms with Gasteiger partial charge in [-0.05, 0) is 52.3 Å². The van der Waals surface area contributed by atoms with Crippen molar-refractivity contribution in [2.45, 2.75) is 0 Å². The van der Waals surface area contributed by atoms with Crippen molar-refractivity contribution in [3.8, 4) is 11.5 Å². The predicted octanol–water partition coefficient (Wildman–Crippen LogP) is 3.05. The minimum absolute atomic E-state index is 0.0994. The number of halogens is 1. The molecule has 5 nitrogen and oxygen atoms in total. The van der Waals surface area contributed by atoms with Gasteiger partial charge >= 0.3 is 0 Å². The second-order valence-electron chi connectivity index (χ2n) is 3.90. The largest absolute Gasteiger partial charge is 0.497 e. The van der Waals surface area contributed by atoms with Crippen LogP contribution in [0.3, 0.4) is 0 Å². The lowest BCUT2D eigenvalue weighted by Gasteiger charge is -2.05. The molecule has 0 fully saturated rings. The summed E-state index contributed by atoms with van der Waals surface area (Å²) in [7, 11) is 1.59. The van der Waals surface area contributed by atoms with Gasteiger partial charge in [0, 0.05) is 4.88 Å². The zero-order chi connectivity index (χ0) is 15.1. The average molecular weight is 369 g/mol. The smallest absolute Gasteiger partial charge is 0.277 e. The van der Waals surface area contributed by atoms with Crippen LogP contribution in [0, 0.1) is 0 Å². The SMILES string of the molecule is COc1ccc(OCC(=O)N/N=C/c2ccc(Br)s2)cc1. The van der Waals surface area contributed by atoms with Crippen LogP contribution in [0.1, 0.15) is 4.88 Å². The second kappa shape index (κ2) is 7.80. The molecule has 1 aromatic heterocycles. The average Bonchev–Trinajstić information content (AvgIpc) is 2.91. The van der Waals surface area contributed by atoms with Gasteiger partial charge in [-0.25, -0.2) is 5.43 Å². The van der Waals surface area contributed by atoms with Crippen LogP contribution < -0.4 is 14.9 Å². The molecule has 0 spiro atoms. The third kappa shape index (κ3) is 5.20. The lowest BCUT2D eigenvalue weighted by Crippen LogP contribution is -2.24. The lowest BCUT2D eigenvalue weighted by atomic mass is 10.3. The topological polar surface area (TPSA) is 59.9 Å². The Bertz CT molecular complexity index is 625. The van der Waals surface area contributed by atoms with Crippen LogP contribution >= 0.6 is 27.3 Å². The Labute approximate surface area is 134 Å². The molecule has 1 aromatic carbocycles. The second-order valence-corrected chi connectivity index (χ2v) is 6.39. The quantitative estimate of drug-likeness (QED) is 0.629. The summed E-state index contributed by atoms with van der Waals surface area (Å²) >= 11 is 4.88. The molecule has 2 rings (SSSR count). The molecule has 0 aliphatic carbocycles. The van der Waals surface area contributed by atoms with Gasteiger partial charge in [0.25, 0.3) is 5.91 Å². The zero-order valence-corrected chi connectivity index (χ0v) is 13.6. The molecule has 0 bridgehead atoms. The van der Waals surface area contributed by atoms with E-state index in [1.165, 1.54) is 11.3 Å². The van der Waals surface area contributed by atoms with Crippen LogP contribution in [-0.4, -0.2) is 25.8 Å². The number of nitrogens with zero attached hydrogens (tertiary/aromatic N) is 1. The number of hydrogen-bond donors (Lipinski definition) is 1. The van der Waals surface area contributed by atoms with Gasteiger partial charge in [0.1, 0.15) is 11.5 Å². The molecule has 0 saturated heterocycles. The Hall–Kier alpha value is -1.86. The molecule has 0 radical (unpaired) electrons. The van der Waals surface area contributed by atoms with E-state index in [1.54, 1.807) is 37.6 Å². The maximum atomic E-state index is 11.6. The van der Waals surface area contributed by atoms with Gasteiger partial charge in [0.2, 0.25) is 0 Å². The minimum Gasteiger partial charge on any atom is -0.497 e. The van der Waals surface area contributed by atoms with Crippen molar-refractivity contribution in [1.82, 2.24) is 5.43 Å². The van der Waals surface area contributed by atoms with Crippen LogP contribution in [0.4, 0.5) is 0 Å². The number of ether oxygens (including phenoxy) is 2. The van der Waals surface area contributed by atoms with Gasteiger partial charge in [0.15, 0.2) is 6.61 Å². The number of hydrogen-bond acceptors (Lipinski definition) is 5. The van der Waals surface area contributed by atoms with Crippen LogP contribution in [-0.2, 0) is 4.79 Å². The maximum absolute atomic E-state index is 11.6. The molecule has 2 aromatic rings. The van der Waals surface area contributed by atoms with E-state index in [0.717, 1.165) is 14.4 Å². The molecule has 0 unspecified atom stereocenters. The molecule has 0 aliphatic rings. The summed E-state index contributed by atoms with van der Waals surface area (Å²) < 4.78 is 11.4. The summed E-state index contributed by atoms with van der Waals surface area (Å²) in [6, 6.07) is 10.8. The normalized spacial score (nSPS) is 10.6. The van der Waals surface area contributed by atoms with Gasteiger partial charge in [-0.2, -0.15) is 5.10 Å². The first-order chi connectivity index (χ1) is 10.2. The third-order valence-electron chi connectivity index (χ3n) is 2.40. The minimum atomic E-state index is -0.322. The standard InChI is InChI=1S/C14H13BrN2O3S/c1-19-10-2-4-11(5-3-10)20-9-14(18)17-16-8-12-6-7-13(15)21-12/h2-8H,9H2,1H3,(H,17,18)/b16-8+. The van der Waals surface area contributed by atoms with E-state index in [0.29, 0.717) is 5.75 Å². The first kappa shape index (κ1) is 15.5. The molecule has 110 valence electrons. The fourth-order valence-corrected chi connectivity index (χ4v) is 2.71. The van der Waals surface area contributed by atoms with E-state index in [-0.39, 0.29) is 12.5 Å². The van der Waals surface area contributed by atoms with Crippen molar-refractivity contribution in [2.24, 2.45) is 5.10 Å². The molecule has 21 heavy (non-hydrogen) atoms. The van der Waals surface area contributed by atoms with Crippen LogP contribution in [0.15, 0.2) is 45.3 Å². The van der Waals surface area contributed by atoms with Gasteiger partial charge in [-0.15, -0.1) is 11.3 Å². The number of benzene rings is 1. The van der Waals surface area contributed by atoms with Crippen LogP contribution in [0.5, 0.6) is 11.5 Å². The number of carbonyl (C=O) groups is 1. The fraction of sp³-hybridized carbons (Fsp3) is 0.143. The van der Waals surface area contributed by atoms with Crippen LogP contribution in [0.25, 0.3) is 0 Å². The molecular formula is C14H13BrN2O3S. The highest BCUT2D eigenvalue weighted by atomic mass is 79.9. The summed E-state index contributed by atoms with van der Waals surface area (Å²) in [4.78, 5) is 12.5. The third-order valence-corrected chi connectivity index (χ3v) is 3.96. The van der Waals surface area contributed by atoms with Crippen LogP contribution in [0.2, 0.25) is 0 Å². The van der Waals surface area contributed by atoms with E-state index < -0.39 is 0 Å². The first-order valence-electron chi connectivity index (χ1n) is 6.01. The first-order valence-corrected chi connectivity index (χ1v) is 7.62. The number of thiophene rings is 1. The summed E-state index contributed by atoms with van der Waals surface area (Å²) in [5, 5.41) is 3.86. The molecule has 1 amide bonds. The van der Waals surface area contributed by atoms with E-state index in [1.807, 2.05) is 12.1 Å². The Morgan fingerprint density at radius 2 is 2.00 bits per heavy atom. The molecule has 1 N–H and O–H groups in total. The summed E-state index contributed by atoms with van der Waals surface area (Å²) in [5.74, 6) is 1.01. The van der Waals surface area contributed by atoms with Gasteiger partial charge in [-0.1, -0.05) is 0 Å². The maximum Gasteiger partial charge on any atom is 0.277 e. The number of hydrazone groups is 1. The van der Waals surface area contributed by atoms with Crippen molar-refractivity contribution >= 4 is 39.4 Å². The number of rotatable bonds is 6. The Morgan fingerprint density at radius 1 is 1.29 bits per heavy atom. The van der Waals surface area contributed by atoms with E-state index in [2.05, 4.69) is 26.5 Å². The highest BCUT2D eigenvalue weighted by Gasteiger charge is 2.02. The molecular weight excluding hydrogens is 356 g/mol. The highest BCUT2D eigenvalue weighted by Crippen LogP contribution is 2.20. The highest BCUT2D eigenvalue weighted by molar-refractivity contribution is 9.11. The predicted molar refractivity (Wildman–Crippen MR) is 86.2 cm³/mol. The van der Waals surface area contributed by atoms with E-state index in [4.69, 9.17) is 9.47 Å². The van der Waals surface area contributed by atoms with E-state index in [9.17, 15) is 4.79 Å². The summed E-state index contributed by atoms with van der Waals surface area (Å²) in [6.45, 7) is -0.0994. The number of amides is 1. The lowest BCUT2D eigenvalue weighted by molar-refractivity contribution is -0.123. The van der Waals surface area contributed by atoms with Crippen molar-refractivity contribution in [1.29, 1.82) is 0 Å². The Morgan fingerprint density at radius 3 is 2.62 bits per heavy atom. The van der Waals surface area contributed by atoms with E-state index >= 15 is 0 Å². The van der Waals surface area contributed by atoms with Crippen molar-refractivity contribution in [3.63, 3.8) is 0 Å². The number of carbonyl (C=O) groups excluding carboxylic acids is 1. The fourth-order valence-electron chi connectivity index (χ4n) is 1.42. The molecule has 0 atom stereocenters. The van der Waals surface area contributed by atoms with Gasteiger partial charge in [-0.3, -0.25) is 4.79 Å². The van der Waals surface area contributed by atoms with Crippen molar-refractivity contribution < 1.29 is 14.3 Å². The number of methoxy groups -OCH3 is 1.